The van der Waals surface area contributed by atoms with Gasteiger partial charge in [0.15, 0.2) is 0 Å². The van der Waals surface area contributed by atoms with E-state index in [0.717, 1.165) is 31.1 Å². The molecule has 1 fully saturated rings. The van der Waals surface area contributed by atoms with E-state index in [4.69, 9.17) is 5.73 Å². The van der Waals surface area contributed by atoms with Gasteiger partial charge in [0.25, 0.3) is 0 Å². The van der Waals surface area contributed by atoms with Crippen LogP contribution in [0.5, 0.6) is 0 Å². The van der Waals surface area contributed by atoms with Crippen LogP contribution in [-0.4, -0.2) is 35.6 Å². The number of pyridine rings is 1. The Kier molecular flexibility index (Phi) is 4.36. The maximum Gasteiger partial charge on any atom is 0.0416 e. The fraction of sp³-hybridized carbons (Fsp3) is 0.667. The van der Waals surface area contributed by atoms with Crippen LogP contribution in [0.25, 0.3) is 0 Å². The maximum atomic E-state index is 6.00. The number of hydrogen-bond donors (Lipinski definition) is 1. The van der Waals surface area contributed by atoms with Crippen LogP contribution in [0.1, 0.15) is 31.9 Å². The topological polar surface area (TPSA) is 42.2 Å². The van der Waals surface area contributed by atoms with Crippen molar-refractivity contribution < 1.29 is 0 Å². The average molecular weight is 247 g/mol. The Morgan fingerprint density at radius 3 is 2.78 bits per heavy atom. The van der Waals surface area contributed by atoms with Gasteiger partial charge in [-0.2, -0.15) is 0 Å². The highest BCUT2D eigenvalue weighted by molar-refractivity contribution is 5.04. The smallest absolute Gasteiger partial charge is 0.0416 e. The number of likely N-dealkylation sites (N-methyl/N-ethyl adjacent to an activating group) is 1. The molecule has 2 rings (SSSR count). The van der Waals surface area contributed by atoms with Crippen LogP contribution in [0.4, 0.5) is 0 Å². The van der Waals surface area contributed by atoms with Crippen LogP contribution < -0.4 is 5.73 Å². The van der Waals surface area contributed by atoms with Gasteiger partial charge in [-0.3, -0.25) is 9.88 Å². The van der Waals surface area contributed by atoms with Crippen LogP contribution in [0.2, 0.25) is 0 Å². The molecule has 0 aromatic carbocycles. The van der Waals surface area contributed by atoms with Gasteiger partial charge in [-0.1, -0.05) is 18.9 Å². The monoisotopic (exact) mass is 247 g/mol. The first-order chi connectivity index (χ1) is 8.64. The molecule has 1 atom stereocenters. The van der Waals surface area contributed by atoms with Crippen LogP contribution in [0, 0.1) is 5.92 Å². The molecule has 0 spiro atoms. The molecule has 0 amide bonds. The summed E-state index contributed by atoms with van der Waals surface area (Å²) in [5.74, 6) is 0.913. The second kappa shape index (κ2) is 5.81. The average Bonchev–Trinajstić information content (AvgIpc) is 3.20. The molecule has 1 unspecified atom stereocenters. The summed E-state index contributed by atoms with van der Waals surface area (Å²) in [6, 6.07) is 6.10. The lowest BCUT2D eigenvalue weighted by Gasteiger charge is -2.38. The lowest BCUT2D eigenvalue weighted by molar-refractivity contribution is 0.128. The molecule has 2 N–H and O–H groups in total. The first kappa shape index (κ1) is 13.5. The number of nitrogens with zero attached hydrogens (tertiary/aromatic N) is 2. The van der Waals surface area contributed by atoms with Crippen LogP contribution in [0.3, 0.4) is 0 Å². The molecule has 0 saturated heterocycles. The van der Waals surface area contributed by atoms with Gasteiger partial charge in [0.05, 0.1) is 0 Å². The largest absolute Gasteiger partial charge is 0.329 e. The van der Waals surface area contributed by atoms with E-state index in [1.165, 1.54) is 19.3 Å². The number of hydrogen-bond acceptors (Lipinski definition) is 3. The van der Waals surface area contributed by atoms with Crippen molar-refractivity contribution in [3.8, 4) is 0 Å². The molecule has 0 radical (unpaired) electrons. The molecule has 3 heteroatoms. The Balaban J connectivity index is 1.86. The van der Waals surface area contributed by atoms with E-state index in [1.54, 1.807) is 0 Å². The third kappa shape index (κ3) is 3.53. The van der Waals surface area contributed by atoms with Crippen molar-refractivity contribution in [3.05, 3.63) is 30.1 Å². The summed E-state index contributed by atoms with van der Waals surface area (Å²) in [6.45, 7) is 4.06. The summed E-state index contributed by atoms with van der Waals surface area (Å²) in [5, 5.41) is 0. The van der Waals surface area contributed by atoms with Gasteiger partial charge >= 0.3 is 0 Å². The van der Waals surface area contributed by atoms with Crippen LogP contribution in [0.15, 0.2) is 24.4 Å². The molecule has 18 heavy (non-hydrogen) atoms. The van der Waals surface area contributed by atoms with Gasteiger partial charge in [0.1, 0.15) is 0 Å². The quantitative estimate of drug-likeness (QED) is 0.802. The van der Waals surface area contributed by atoms with Crippen molar-refractivity contribution >= 4 is 0 Å². The first-order valence-electron chi connectivity index (χ1n) is 6.95. The van der Waals surface area contributed by atoms with Crippen LogP contribution >= 0.6 is 0 Å². The predicted molar refractivity (Wildman–Crippen MR) is 75.4 cm³/mol. The fourth-order valence-corrected chi connectivity index (χ4v) is 2.44. The molecule has 1 saturated carbocycles. The molecule has 1 heterocycles. The Morgan fingerprint density at radius 1 is 1.44 bits per heavy atom. The Morgan fingerprint density at radius 2 is 2.22 bits per heavy atom. The summed E-state index contributed by atoms with van der Waals surface area (Å²) < 4.78 is 0. The number of aromatic nitrogens is 1. The Labute approximate surface area is 110 Å². The molecule has 100 valence electrons. The molecule has 0 bridgehead atoms. The van der Waals surface area contributed by atoms with E-state index in [-0.39, 0.29) is 5.54 Å². The molecule has 1 aliphatic carbocycles. The minimum Gasteiger partial charge on any atom is -0.329 e. The summed E-state index contributed by atoms with van der Waals surface area (Å²) >= 11 is 0. The van der Waals surface area contributed by atoms with E-state index in [2.05, 4.69) is 36.0 Å². The van der Waals surface area contributed by atoms with Crippen molar-refractivity contribution in [2.24, 2.45) is 11.7 Å². The van der Waals surface area contributed by atoms with Gasteiger partial charge in [-0.05, 0) is 38.4 Å². The van der Waals surface area contributed by atoms with E-state index in [0.29, 0.717) is 0 Å². The highest BCUT2D eigenvalue weighted by Crippen LogP contribution is 2.38. The maximum absolute atomic E-state index is 6.00. The zero-order valence-electron chi connectivity index (χ0n) is 11.6. The second-order valence-electron chi connectivity index (χ2n) is 5.84. The molecular formula is C15H25N3. The second-order valence-corrected chi connectivity index (χ2v) is 5.84. The molecule has 1 aliphatic rings. The number of rotatable bonds is 7. The molecular weight excluding hydrogens is 222 g/mol. The van der Waals surface area contributed by atoms with Gasteiger partial charge < -0.3 is 5.73 Å². The zero-order chi connectivity index (χ0) is 13.0. The Hall–Kier alpha value is -0.930. The highest BCUT2D eigenvalue weighted by Gasteiger charge is 2.35. The predicted octanol–water partition coefficient (Wildman–Crippen LogP) is 2.07. The van der Waals surface area contributed by atoms with Gasteiger partial charge in [-0.25, -0.2) is 0 Å². The SMILES string of the molecule is CN(CCc1ccccn1)C(C)(CN)CC1CC1. The zero-order valence-corrected chi connectivity index (χ0v) is 11.6. The van der Waals surface area contributed by atoms with Crippen molar-refractivity contribution in [3.63, 3.8) is 0 Å². The Bertz CT molecular complexity index is 361. The van der Waals surface area contributed by atoms with Crippen LogP contribution in [-0.2, 0) is 6.42 Å². The molecule has 3 nitrogen and oxygen atoms in total. The van der Waals surface area contributed by atoms with E-state index in [9.17, 15) is 0 Å². The summed E-state index contributed by atoms with van der Waals surface area (Å²) in [6.07, 6.45) is 6.88. The van der Waals surface area contributed by atoms with Crippen molar-refractivity contribution in [1.29, 1.82) is 0 Å². The standard InChI is InChI=1S/C15H25N3/c1-15(12-16,11-13-6-7-13)18(2)10-8-14-5-3-4-9-17-14/h3-5,9,13H,6-8,10-12,16H2,1-2H3. The van der Waals surface area contributed by atoms with Gasteiger partial charge in [0.2, 0.25) is 0 Å². The van der Waals surface area contributed by atoms with Crippen molar-refractivity contribution in [2.45, 2.75) is 38.1 Å². The third-order valence-electron chi connectivity index (χ3n) is 4.22. The van der Waals surface area contributed by atoms with Gasteiger partial charge in [0, 0.05) is 36.9 Å². The van der Waals surface area contributed by atoms with Crippen molar-refractivity contribution in [2.75, 3.05) is 20.1 Å². The minimum atomic E-state index is 0.149. The van der Waals surface area contributed by atoms with Crippen molar-refractivity contribution in [1.82, 2.24) is 9.88 Å². The molecule has 0 aliphatic heterocycles. The lowest BCUT2D eigenvalue weighted by atomic mass is 9.93. The normalized spacial score (nSPS) is 18.9. The summed E-state index contributed by atoms with van der Waals surface area (Å²) in [5.41, 5.74) is 7.31. The first-order valence-corrected chi connectivity index (χ1v) is 6.95. The lowest BCUT2D eigenvalue weighted by Crippen LogP contribution is -2.50. The van der Waals surface area contributed by atoms with E-state index in [1.807, 2.05) is 12.3 Å². The molecule has 1 aromatic rings. The molecule has 1 aromatic heterocycles. The number of nitrogens with two attached hydrogens (primary N) is 1. The van der Waals surface area contributed by atoms with Gasteiger partial charge in [-0.15, -0.1) is 0 Å². The minimum absolute atomic E-state index is 0.149. The summed E-state index contributed by atoms with van der Waals surface area (Å²) in [4.78, 5) is 6.79. The highest BCUT2D eigenvalue weighted by atomic mass is 15.2. The summed E-state index contributed by atoms with van der Waals surface area (Å²) in [7, 11) is 2.19. The van der Waals surface area contributed by atoms with E-state index < -0.39 is 0 Å². The third-order valence-corrected chi connectivity index (χ3v) is 4.22. The fourth-order valence-electron chi connectivity index (χ4n) is 2.44. The van der Waals surface area contributed by atoms with E-state index >= 15 is 0 Å².